The van der Waals surface area contributed by atoms with E-state index in [4.69, 9.17) is 4.42 Å². The molecule has 192 valence electrons. The Labute approximate surface area is 234 Å². The Morgan fingerprint density at radius 1 is 0.900 bits per heavy atom. The molecule has 2 nitrogen and oxygen atoms in total. The van der Waals surface area contributed by atoms with Crippen molar-refractivity contribution in [3.05, 3.63) is 138 Å². The van der Waals surface area contributed by atoms with Crippen LogP contribution in [0.2, 0.25) is 0 Å². The minimum absolute atomic E-state index is 0.0933. The van der Waals surface area contributed by atoms with E-state index in [2.05, 4.69) is 110 Å². The summed E-state index contributed by atoms with van der Waals surface area (Å²) in [4.78, 5) is 0. The normalized spacial score (nSPS) is 20.3. The van der Waals surface area contributed by atoms with Crippen molar-refractivity contribution in [2.75, 3.05) is 0 Å². The highest BCUT2D eigenvalue weighted by molar-refractivity contribution is 6.03. The monoisotopic (exact) mass is 516 g/mol. The number of rotatable bonds is 5. The molecule has 2 unspecified atom stereocenters. The molecule has 0 spiro atoms. The first kappa shape index (κ1) is 24.1. The lowest BCUT2D eigenvalue weighted by molar-refractivity contribution is 0.454. The van der Waals surface area contributed by atoms with Gasteiger partial charge in [0.1, 0.15) is 17.1 Å². The molecule has 0 aliphatic heterocycles. The number of phenolic OH excluding ortho intramolecular Hbond substituents is 1. The maximum atomic E-state index is 11.5. The molecule has 0 saturated heterocycles. The lowest BCUT2D eigenvalue weighted by Crippen LogP contribution is -2.36. The predicted octanol–water partition coefficient (Wildman–Crippen LogP) is 9.38. The van der Waals surface area contributed by atoms with Gasteiger partial charge in [0, 0.05) is 34.1 Å². The summed E-state index contributed by atoms with van der Waals surface area (Å²) < 4.78 is 6.44. The molecule has 0 saturated carbocycles. The largest absolute Gasteiger partial charge is 0.507 e. The van der Waals surface area contributed by atoms with Crippen molar-refractivity contribution < 1.29 is 9.52 Å². The Kier molecular flexibility index (Phi) is 5.61. The number of allylic oxidation sites excluding steroid dienone is 8. The third-order valence-corrected chi connectivity index (χ3v) is 8.46. The van der Waals surface area contributed by atoms with E-state index in [9.17, 15) is 5.11 Å². The van der Waals surface area contributed by atoms with Crippen molar-refractivity contribution in [1.82, 2.24) is 0 Å². The van der Waals surface area contributed by atoms with Gasteiger partial charge in [0.25, 0.3) is 0 Å². The molecular formula is C38H28O2. The van der Waals surface area contributed by atoms with Crippen LogP contribution in [0.25, 0.3) is 45.4 Å². The maximum Gasteiger partial charge on any atom is 0.143 e. The van der Waals surface area contributed by atoms with Gasteiger partial charge in [-0.25, -0.2) is 0 Å². The first-order valence-electron chi connectivity index (χ1n) is 13.7. The van der Waals surface area contributed by atoms with E-state index in [0.29, 0.717) is 12.2 Å². The molecule has 1 aromatic heterocycles. The minimum atomic E-state index is -0.611. The molecule has 3 aromatic carbocycles. The molecule has 0 fully saturated rings. The van der Waals surface area contributed by atoms with Crippen molar-refractivity contribution >= 4 is 23.1 Å². The molecule has 7 rings (SSSR count). The molecule has 2 heteroatoms. The Balaban J connectivity index is 1.66. The van der Waals surface area contributed by atoms with E-state index in [1.54, 1.807) is 6.08 Å². The molecule has 0 amide bonds. The van der Waals surface area contributed by atoms with Crippen LogP contribution in [0.15, 0.2) is 120 Å². The van der Waals surface area contributed by atoms with Gasteiger partial charge in [-0.1, -0.05) is 116 Å². The standard InChI is InChI=1S/C38H28O2/c1-3-27-29-20-14-21-30(37(29)40-34(27)4-2)28-23-24-33(39)35-31-19-12-13-22-32(31)38(36(28)35,26-17-10-7-11-18-26)25-15-8-5-6-9-16-25/h3-5,7-8,10-15,17,19-24,26,39H,1-2,6,18H2. The van der Waals surface area contributed by atoms with Crippen molar-refractivity contribution in [3.8, 4) is 39.8 Å². The van der Waals surface area contributed by atoms with Gasteiger partial charge in [-0.05, 0) is 52.8 Å². The van der Waals surface area contributed by atoms with E-state index in [0.717, 1.165) is 56.3 Å². The second kappa shape index (κ2) is 9.33. The van der Waals surface area contributed by atoms with Crippen LogP contribution in [0, 0.1) is 17.8 Å². The zero-order valence-corrected chi connectivity index (χ0v) is 22.2. The van der Waals surface area contributed by atoms with Gasteiger partial charge in [-0.2, -0.15) is 0 Å². The second-order valence-electron chi connectivity index (χ2n) is 10.4. The molecule has 3 aliphatic rings. The highest BCUT2D eigenvalue weighted by Gasteiger charge is 2.52. The van der Waals surface area contributed by atoms with Crippen molar-refractivity contribution in [2.24, 2.45) is 5.92 Å². The molecule has 4 aromatic rings. The van der Waals surface area contributed by atoms with Gasteiger partial charge >= 0.3 is 0 Å². The highest BCUT2D eigenvalue weighted by Crippen LogP contribution is 2.62. The smallest absolute Gasteiger partial charge is 0.143 e. The van der Waals surface area contributed by atoms with E-state index in [-0.39, 0.29) is 11.7 Å². The number of fused-ring (bicyclic) bond motifs is 4. The summed E-state index contributed by atoms with van der Waals surface area (Å²) in [5.41, 5.74) is 8.27. The molecular weight excluding hydrogens is 488 g/mol. The van der Waals surface area contributed by atoms with Crippen LogP contribution in [0.4, 0.5) is 0 Å². The predicted molar refractivity (Wildman–Crippen MR) is 166 cm³/mol. The zero-order chi connectivity index (χ0) is 27.3. The highest BCUT2D eigenvalue weighted by atomic mass is 16.3. The van der Waals surface area contributed by atoms with Crippen molar-refractivity contribution in [3.63, 3.8) is 0 Å². The van der Waals surface area contributed by atoms with E-state index < -0.39 is 5.41 Å². The van der Waals surface area contributed by atoms with Crippen molar-refractivity contribution in [2.45, 2.75) is 18.3 Å². The van der Waals surface area contributed by atoms with Gasteiger partial charge < -0.3 is 9.52 Å². The minimum Gasteiger partial charge on any atom is -0.507 e. The Bertz CT molecular complexity index is 1910. The van der Waals surface area contributed by atoms with E-state index in [1.807, 2.05) is 18.2 Å². The topological polar surface area (TPSA) is 33.4 Å². The number of phenols is 1. The number of aromatic hydroxyl groups is 1. The first-order chi connectivity index (χ1) is 19.7. The van der Waals surface area contributed by atoms with Crippen LogP contribution in [-0.4, -0.2) is 5.11 Å². The number of benzene rings is 3. The van der Waals surface area contributed by atoms with Gasteiger partial charge in [-0.3, -0.25) is 0 Å². The fourth-order valence-electron chi connectivity index (χ4n) is 6.88. The van der Waals surface area contributed by atoms with Gasteiger partial charge in [0.15, 0.2) is 0 Å². The quantitative estimate of drug-likeness (QED) is 0.268. The number of hydrogen-bond donors (Lipinski definition) is 1. The van der Waals surface area contributed by atoms with Gasteiger partial charge in [0.05, 0.1) is 5.41 Å². The lowest BCUT2D eigenvalue weighted by Gasteiger charge is -2.40. The van der Waals surface area contributed by atoms with Gasteiger partial charge in [0.2, 0.25) is 0 Å². The zero-order valence-electron chi connectivity index (χ0n) is 22.2. The molecule has 0 bridgehead atoms. The summed E-state index contributed by atoms with van der Waals surface area (Å²) >= 11 is 0. The maximum absolute atomic E-state index is 11.5. The van der Waals surface area contributed by atoms with Crippen LogP contribution < -0.4 is 0 Å². The Hall–Kier alpha value is -5.00. The molecule has 0 radical (unpaired) electrons. The molecule has 3 aliphatic carbocycles. The fraction of sp³-hybridized carbons (Fsp3) is 0.105. The van der Waals surface area contributed by atoms with Gasteiger partial charge in [-0.15, -0.1) is 0 Å². The summed E-state index contributed by atoms with van der Waals surface area (Å²) in [5, 5.41) is 12.5. The third-order valence-electron chi connectivity index (χ3n) is 8.46. The average Bonchev–Trinajstić information content (AvgIpc) is 3.39. The van der Waals surface area contributed by atoms with Crippen LogP contribution in [0.5, 0.6) is 5.75 Å². The van der Waals surface area contributed by atoms with Crippen LogP contribution in [0.3, 0.4) is 0 Å². The second-order valence-corrected chi connectivity index (χ2v) is 10.4. The summed E-state index contributed by atoms with van der Waals surface area (Å²) in [7, 11) is 0. The van der Waals surface area contributed by atoms with Crippen LogP contribution in [-0.2, 0) is 5.41 Å². The summed E-state index contributed by atoms with van der Waals surface area (Å²) in [5.74, 6) is 8.01. The Morgan fingerprint density at radius 2 is 1.77 bits per heavy atom. The summed E-state index contributed by atoms with van der Waals surface area (Å²) in [6, 6.07) is 18.6. The number of furan rings is 1. The number of hydrogen-bond acceptors (Lipinski definition) is 2. The first-order valence-corrected chi connectivity index (χ1v) is 13.7. The van der Waals surface area contributed by atoms with E-state index in [1.165, 1.54) is 5.56 Å². The fourth-order valence-corrected chi connectivity index (χ4v) is 6.88. The third kappa shape index (κ3) is 3.25. The Morgan fingerprint density at radius 3 is 2.60 bits per heavy atom. The summed E-state index contributed by atoms with van der Waals surface area (Å²) in [6.07, 6.45) is 20.3. The number of para-hydroxylation sites is 1. The molecule has 1 N–H and O–H groups in total. The van der Waals surface area contributed by atoms with Crippen LogP contribution >= 0.6 is 0 Å². The molecule has 1 heterocycles. The molecule has 2 atom stereocenters. The summed E-state index contributed by atoms with van der Waals surface area (Å²) in [6.45, 7) is 8.00. The average molecular weight is 517 g/mol. The lowest BCUT2D eigenvalue weighted by atomic mass is 9.60. The van der Waals surface area contributed by atoms with Crippen LogP contribution in [0.1, 0.15) is 35.3 Å². The van der Waals surface area contributed by atoms with E-state index >= 15 is 0 Å². The molecule has 40 heavy (non-hydrogen) atoms. The van der Waals surface area contributed by atoms with Crippen molar-refractivity contribution in [1.29, 1.82) is 0 Å². The SMILES string of the molecule is C=Cc1oc2c(-c3ccc(O)c4c3C(C3=CC=CCC#C3)(C3C=CC=CC3)c3ccccc3-4)cccc2c1C=C.